The van der Waals surface area contributed by atoms with Gasteiger partial charge in [0.25, 0.3) is 0 Å². The lowest BCUT2D eigenvalue weighted by Crippen LogP contribution is -2.42. The monoisotopic (exact) mass is 264 g/mol. The quantitative estimate of drug-likeness (QED) is 0.895. The third-order valence-electron chi connectivity index (χ3n) is 3.61. The second-order valence-corrected chi connectivity index (χ2v) is 5.59. The molecule has 0 aliphatic carbocycles. The first kappa shape index (κ1) is 13.8. The molecule has 0 aromatic carbocycles. The Balaban J connectivity index is 2.34. The van der Waals surface area contributed by atoms with Crippen molar-refractivity contribution in [3.63, 3.8) is 0 Å². The van der Waals surface area contributed by atoms with Crippen molar-refractivity contribution in [2.24, 2.45) is 5.92 Å². The fourth-order valence-corrected chi connectivity index (χ4v) is 2.36. The summed E-state index contributed by atoms with van der Waals surface area (Å²) in [7, 11) is 5.72. The van der Waals surface area contributed by atoms with Gasteiger partial charge in [-0.2, -0.15) is 15.0 Å². The van der Waals surface area contributed by atoms with Gasteiger partial charge in [-0.25, -0.2) is 0 Å². The van der Waals surface area contributed by atoms with Gasteiger partial charge in [0.1, 0.15) is 0 Å². The van der Waals surface area contributed by atoms with Crippen LogP contribution in [0.4, 0.5) is 17.8 Å². The first-order valence-electron chi connectivity index (χ1n) is 6.89. The van der Waals surface area contributed by atoms with Crippen LogP contribution in [0.25, 0.3) is 0 Å². The molecule has 0 amide bonds. The predicted octanol–water partition coefficient (Wildman–Crippen LogP) is 1.60. The number of anilines is 3. The zero-order chi connectivity index (χ0) is 14.0. The van der Waals surface area contributed by atoms with Gasteiger partial charge in [0, 0.05) is 33.7 Å². The number of rotatable bonds is 3. The van der Waals surface area contributed by atoms with Crippen molar-refractivity contribution in [3.05, 3.63) is 0 Å². The van der Waals surface area contributed by atoms with E-state index in [1.807, 2.05) is 26.0 Å². The third kappa shape index (κ3) is 3.05. The number of nitrogens with zero attached hydrogens (tertiary/aromatic N) is 5. The van der Waals surface area contributed by atoms with Crippen molar-refractivity contribution in [2.45, 2.75) is 32.7 Å². The topological polar surface area (TPSA) is 57.2 Å². The molecule has 2 rings (SSSR count). The van der Waals surface area contributed by atoms with Crippen LogP contribution in [0.15, 0.2) is 0 Å². The normalized spacial score (nSPS) is 23.3. The molecule has 6 heteroatoms. The summed E-state index contributed by atoms with van der Waals surface area (Å²) >= 11 is 0. The minimum atomic E-state index is 0.485. The number of hydrogen-bond acceptors (Lipinski definition) is 6. The highest BCUT2D eigenvalue weighted by Crippen LogP contribution is 2.26. The molecule has 1 aromatic heterocycles. The molecule has 2 unspecified atom stereocenters. The minimum Gasteiger partial charge on any atom is -0.357 e. The summed E-state index contributed by atoms with van der Waals surface area (Å²) in [6, 6.07) is 0.485. The van der Waals surface area contributed by atoms with E-state index in [1.54, 1.807) is 0 Å². The van der Waals surface area contributed by atoms with E-state index in [2.05, 4.69) is 39.0 Å². The van der Waals surface area contributed by atoms with Crippen LogP contribution in [-0.4, -0.2) is 48.7 Å². The Kier molecular flexibility index (Phi) is 4.07. The van der Waals surface area contributed by atoms with Crippen LogP contribution >= 0.6 is 0 Å². The maximum absolute atomic E-state index is 4.58. The van der Waals surface area contributed by atoms with Crippen LogP contribution in [0.2, 0.25) is 0 Å². The predicted molar refractivity (Wildman–Crippen MR) is 78.9 cm³/mol. The Hall–Kier alpha value is -1.59. The Morgan fingerprint density at radius 3 is 2.53 bits per heavy atom. The third-order valence-corrected chi connectivity index (χ3v) is 3.61. The second kappa shape index (κ2) is 5.59. The lowest BCUT2D eigenvalue weighted by molar-refractivity contribution is 0.385. The standard InChI is InChI=1S/C13H24N6/c1-9-6-7-10(2)19(8-9)13-16-11(14-3)15-12(17-13)18(4)5/h9-10H,6-8H2,1-5H3,(H,14,15,16,17). The molecule has 1 saturated heterocycles. The average molecular weight is 264 g/mol. The Bertz CT molecular complexity index is 433. The summed E-state index contributed by atoms with van der Waals surface area (Å²) in [4.78, 5) is 17.6. The summed E-state index contributed by atoms with van der Waals surface area (Å²) in [5.41, 5.74) is 0. The molecule has 0 bridgehead atoms. The zero-order valence-corrected chi connectivity index (χ0v) is 12.5. The minimum absolute atomic E-state index is 0.485. The maximum atomic E-state index is 4.58. The van der Waals surface area contributed by atoms with Gasteiger partial charge in [0.05, 0.1) is 0 Å². The molecule has 0 saturated carbocycles. The highest BCUT2D eigenvalue weighted by atomic mass is 15.4. The summed E-state index contributed by atoms with van der Waals surface area (Å²) in [6.07, 6.45) is 2.47. The van der Waals surface area contributed by atoms with Gasteiger partial charge in [-0.05, 0) is 25.7 Å². The molecule has 0 spiro atoms. The van der Waals surface area contributed by atoms with E-state index >= 15 is 0 Å². The molecule has 6 nitrogen and oxygen atoms in total. The van der Waals surface area contributed by atoms with E-state index in [0.717, 1.165) is 12.5 Å². The Morgan fingerprint density at radius 2 is 1.89 bits per heavy atom. The van der Waals surface area contributed by atoms with Crippen molar-refractivity contribution in [2.75, 3.05) is 42.8 Å². The van der Waals surface area contributed by atoms with Gasteiger partial charge >= 0.3 is 0 Å². The molecule has 19 heavy (non-hydrogen) atoms. The van der Waals surface area contributed by atoms with Crippen LogP contribution in [-0.2, 0) is 0 Å². The van der Waals surface area contributed by atoms with Gasteiger partial charge in [-0.1, -0.05) is 6.92 Å². The summed E-state index contributed by atoms with van der Waals surface area (Å²) in [6.45, 7) is 5.54. The number of piperidine rings is 1. The highest BCUT2D eigenvalue weighted by Gasteiger charge is 2.26. The molecule has 2 heterocycles. The Morgan fingerprint density at radius 1 is 1.16 bits per heavy atom. The van der Waals surface area contributed by atoms with Crippen LogP contribution in [0.1, 0.15) is 26.7 Å². The molecule has 1 N–H and O–H groups in total. The first-order chi connectivity index (χ1) is 9.01. The van der Waals surface area contributed by atoms with Crippen LogP contribution in [0.3, 0.4) is 0 Å². The second-order valence-electron chi connectivity index (χ2n) is 5.59. The van der Waals surface area contributed by atoms with Gasteiger partial charge in [-0.3, -0.25) is 0 Å². The molecule has 1 aromatic rings. The largest absolute Gasteiger partial charge is 0.357 e. The lowest BCUT2D eigenvalue weighted by Gasteiger charge is -2.37. The van der Waals surface area contributed by atoms with Crippen molar-refractivity contribution in [1.82, 2.24) is 15.0 Å². The maximum Gasteiger partial charge on any atom is 0.232 e. The summed E-state index contributed by atoms with van der Waals surface area (Å²) < 4.78 is 0. The Labute approximate surface area is 115 Å². The summed E-state index contributed by atoms with van der Waals surface area (Å²) in [5, 5.41) is 3.01. The molecule has 1 aliphatic heterocycles. The number of aromatic nitrogens is 3. The summed E-state index contributed by atoms with van der Waals surface area (Å²) in [5.74, 6) is 2.79. The highest BCUT2D eigenvalue weighted by molar-refractivity contribution is 5.45. The molecule has 1 fully saturated rings. The van der Waals surface area contributed by atoms with Gasteiger partial charge < -0.3 is 15.1 Å². The van der Waals surface area contributed by atoms with E-state index in [4.69, 9.17) is 0 Å². The molecule has 0 radical (unpaired) electrons. The van der Waals surface area contributed by atoms with Crippen LogP contribution in [0, 0.1) is 5.92 Å². The lowest BCUT2D eigenvalue weighted by atomic mass is 9.95. The fourth-order valence-electron chi connectivity index (χ4n) is 2.36. The van der Waals surface area contributed by atoms with Crippen molar-refractivity contribution >= 4 is 17.8 Å². The SMILES string of the molecule is CNc1nc(N(C)C)nc(N2CC(C)CCC2C)n1. The van der Waals surface area contributed by atoms with E-state index in [0.29, 0.717) is 23.9 Å². The van der Waals surface area contributed by atoms with Crippen LogP contribution < -0.4 is 15.1 Å². The van der Waals surface area contributed by atoms with Crippen LogP contribution in [0.5, 0.6) is 0 Å². The van der Waals surface area contributed by atoms with Crippen molar-refractivity contribution in [1.29, 1.82) is 0 Å². The fraction of sp³-hybridized carbons (Fsp3) is 0.769. The molecule has 106 valence electrons. The van der Waals surface area contributed by atoms with Gasteiger partial charge in [-0.15, -0.1) is 0 Å². The zero-order valence-electron chi connectivity index (χ0n) is 12.5. The van der Waals surface area contributed by atoms with Gasteiger partial charge in [0.2, 0.25) is 17.8 Å². The molecular weight excluding hydrogens is 240 g/mol. The van der Waals surface area contributed by atoms with E-state index in [-0.39, 0.29) is 0 Å². The average Bonchev–Trinajstić information content (AvgIpc) is 2.40. The smallest absolute Gasteiger partial charge is 0.232 e. The molecule has 2 atom stereocenters. The van der Waals surface area contributed by atoms with E-state index < -0.39 is 0 Å². The number of hydrogen-bond donors (Lipinski definition) is 1. The molecule has 1 aliphatic rings. The van der Waals surface area contributed by atoms with E-state index in [1.165, 1.54) is 12.8 Å². The van der Waals surface area contributed by atoms with E-state index in [9.17, 15) is 0 Å². The van der Waals surface area contributed by atoms with Gasteiger partial charge in [0.15, 0.2) is 0 Å². The van der Waals surface area contributed by atoms with Crippen molar-refractivity contribution < 1.29 is 0 Å². The molecular formula is C13H24N6. The first-order valence-corrected chi connectivity index (χ1v) is 6.89. The number of nitrogens with one attached hydrogen (secondary N) is 1. The van der Waals surface area contributed by atoms with Crippen molar-refractivity contribution in [3.8, 4) is 0 Å².